The Morgan fingerprint density at radius 1 is 1.09 bits per heavy atom. The molecule has 0 unspecified atom stereocenters. The van der Waals surface area contributed by atoms with E-state index in [1.807, 2.05) is 37.3 Å². The monoisotopic (exact) mass is 675 g/mol. The van der Waals surface area contributed by atoms with Crippen molar-refractivity contribution in [1.29, 1.82) is 0 Å². The van der Waals surface area contributed by atoms with Crippen LogP contribution >= 0.6 is 12.4 Å². The minimum Gasteiger partial charge on any atom is -0.382 e. The van der Waals surface area contributed by atoms with E-state index in [4.69, 9.17) is 9.47 Å². The van der Waals surface area contributed by atoms with Crippen LogP contribution in [0.4, 0.5) is 5.69 Å². The minimum absolute atomic E-state index is 0. The molecule has 2 heterocycles. The van der Waals surface area contributed by atoms with Gasteiger partial charge in [0.15, 0.2) is 0 Å². The van der Waals surface area contributed by atoms with Gasteiger partial charge >= 0.3 is 0 Å². The predicted molar refractivity (Wildman–Crippen MR) is 180 cm³/mol. The van der Waals surface area contributed by atoms with E-state index in [9.17, 15) is 18.0 Å². The van der Waals surface area contributed by atoms with Gasteiger partial charge in [-0.1, -0.05) is 55.8 Å². The van der Waals surface area contributed by atoms with Crippen molar-refractivity contribution in [2.45, 2.75) is 63.3 Å². The molecule has 0 saturated carbocycles. The maximum atomic E-state index is 14.2. The largest absolute Gasteiger partial charge is 0.382 e. The molecule has 3 N–H and O–H groups in total. The Morgan fingerprint density at radius 3 is 2.48 bits per heavy atom. The summed E-state index contributed by atoms with van der Waals surface area (Å²) in [6.45, 7) is 5.55. The lowest BCUT2D eigenvalue weighted by atomic mass is 9.94. The highest BCUT2D eigenvalue weighted by atomic mass is 35.5. The summed E-state index contributed by atoms with van der Waals surface area (Å²) in [5, 5.41) is 2.77. The molecule has 3 aromatic rings. The zero-order valence-corrected chi connectivity index (χ0v) is 28.4. The Bertz CT molecular complexity index is 1510. The van der Waals surface area contributed by atoms with E-state index in [1.54, 1.807) is 23.4 Å². The molecule has 2 amide bonds. The van der Waals surface area contributed by atoms with Gasteiger partial charge in [0, 0.05) is 31.5 Å². The first-order chi connectivity index (χ1) is 21.7. The second-order valence-corrected chi connectivity index (χ2v) is 13.0. The third-order valence-electron chi connectivity index (χ3n) is 8.27. The van der Waals surface area contributed by atoms with Crippen LogP contribution in [0.25, 0.3) is 11.1 Å². The number of ether oxygens (including phenoxy) is 2. The minimum atomic E-state index is -4.28. The zero-order chi connectivity index (χ0) is 32.2. The first-order valence-corrected chi connectivity index (χ1v) is 17.1. The van der Waals surface area contributed by atoms with Crippen LogP contribution in [0.3, 0.4) is 0 Å². The molecular weight excluding hydrogens is 630 g/mol. The molecule has 0 spiro atoms. The van der Waals surface area contributed by atoms with Gasteiger partial charge in [-0.2, -0.15) is 4.72 Å². The van der Waals surface area contributed by atoms with Crippen molar-refractivity contribution >= 4 is 39.9 Å². The average Bonchev–Trinajstić information content (AvgIpc) is 3.46. The second kappa shape index (κ2) is 18.2. The van der Waals surface area contributed by atoms with Crippen LogP contribution in [-0.4, -0.2) is 81.2 Å². The number of nitrogens with one attached hydrogen (secondary N) is 3. The van der Waals surface area contributed by atoms with Gasteiger partial charge in [-0.15, -0.1) is 12.4 Å². The number of aryl methyl sites for hydroxylation is 2. The number of sulfonamides is 1. The lowest BCUT2D eigenvalue weighted by molar-refractivity contribution is -0.134. The normalized spacial score (nSPS) is 14.5. The fourth-order valence-electron chi connectivity index (χ4n) is 5.60. The van der Waals surface area contributed by atoms with Crippen LogP contribution in [0, 0.1) is 12.8 Å². The fourth-order valence-corrected chi connectivity index (χ4v) is 7.01. The van der Waals surface area contributed by atoms with Crippen molar-refractivity contribution in [2.75, 3.05) is 45.3 Å². The Morgan fingerprint density at radius 2 is 1.83 bits per heavy atom. The lowest BCUT2D eigenvalue weighted by Gasteiger charge is -2.34. The number of piperidine rings is 1. The molecule has 0 bridgehead atoms. The number of methoxy groups -OCH3 is 1. The molecule has 11 nitrogen and oxygen atoms in total. The zero-order valence-electron chi connectivity index (χ0n) is 26.8. The summed E-state index contributed by atoms with van der Waals surface area (Å²) in [6.07, 6.45) is 5.95. The number of H-pyrrole nitrogens is 1. The third kappa shape index (κ3) is 10.1. The summed E-state index contributed by atoms with van der Waals surface area (Å²) >= 11 is 0. The fraction of sp³-hybridized carbons (Fsp3) is 0.485. The molecular formula is C33H46ClN5O6S. The standard InChI is InChI=1S/C33H45N5O6S.ClH/c1-4-25-16-18-38(19-17-25)33(40)29(14-9-13-28-24(2)34-23-35-28)37-45(41,42)30-15-8-12-27(26-10-6-5-7-11-26)32(30)36-31(39)22-44-21-20-43-3;/h5-8,10-12,15,23,25,29,37H,4,9,13-14,16-22H2,1-3H3,(H,34,35)(H,36,39);1H/t29-;/m0./s1. The summed E-state index contributed by atoms with van der Waals surface area (Å²) in [4.78, 5) is 35.9. The number of anilines is 1. The van der Waals surface area contributed by atoms with Crippen molar-refractivity contribution in [1.82, 2.24) is 19.6 Å². The summed E-state index contributed by atoms with van der Waals surface area (Å²) in [6, 6.07) is 13.1. The molecule has 1 fully saturated rings. The maximum absolute atomic E-state index is 14.2. The molecule has 252 valence electrons. The van der Waals surface area contributed by atoms with Gasteiger partial charge in [0.05, 0.1) is 30.9 Å². The van der Waals surface area contributed by atoms with Crippen molar-refractivity contribution in [3.63, 3.8) is 0 Å². The van der Waals surface area contributed by atoms with Crippen molar-refractivity contribution < 1.29 is 27.5 Å². The van der Waals surface area contributed by atoms with E-state index in [1.165, 1.54) is 13.2 Å². The highest BCUT2D eigenvalue weighted by Gasteiger charge is 2.33. The number of para-hydroxylation sites is 1. The first-order valence-electron chi connectivity index (χ1n) is 15.6. The topological polar surface area (TPSA) is 143 Å². The van der Waals surface area contributed by atoms with Crippen molar-refractivity contribution in [3.05, 3.63) is 66.2 Å². The van der Waals surface area contributed by atoms with Gasteiger partial charge in [-0.3, -0.25) is 9.59 Å². The van der Waals surface area contributed by atoms with Gasteiger partial charge in [0.1, 0.15) is 17.5 Å². The Hall–Kier alpha value is -3.29. The molecule has 1 aliphatic heterocycles. The van der Waals surface area contributed by atoms with Crippen LogP contribution in [0.2, 0.25) is 0 Å². The molecule has 13 heteroatoms. The second-order valence-electron chi connectivity index (χ2n) is 11.4. The molecule has 1 saturated heterocycles. The van der Waals surface area contributed by atoms with E-state index in [-0.39, 0.29) is 42.1 Å². The lowest BCUT2D eigenvalue weighted by Crippen LogP contribution is -2.50. The molecule has 0 radical (unpaired) electrons. The number of halogens is 1. The third-order valence-corrected chi connectivity index (χ3v) is 9.78. The van der Waals surface area contributed by atoms with E-state index in [0.29, 0.717) is 50.4 Å². The number of amides is 2. The van der Waals surface area contributed by atoms with Gasteiger partial charge in [0.25, 0.3) is 0 Å². The first kappa shape index (κ1) is 37.2. The number of hydrogen-bond donors (Lipinski definition) is 3. The quantitative estimate of drug-likeness (QED) is 0.186. The Labute approximate surface area is 278 Å². The number of nitrogens with zero attached hydrogens (tertiary/aromatic N) is 2. The number of hydrogen-bond acceptors (Lipinski definition) is 7. The maximum Gasteiger partial charge on any atom is 0.250 e. The van der Waals surface area contributed by atoms with Crippen molar-refractivity contribution in [3.8, 4) is 11.1 Å². The van der Waals surface area contributed by atoms with Crippen LogP contribution < -0.4 is 10.0 Å². The number of benzene rings is 2. The van der Waals surface area contributed by atoms with E-state index < -0.39 is 22.0 Å². The van der Waals surface area contributed by atoms with Crippen LogP contribution in [0.5, 0.6) is 0 Å². The molecule has 1 atom stereocenters. The summed E-state index contributed by atoms with van der Waals surface area (Å²) in [7, 11) is -2.75. The Kier molecular flexibility index (Phi) is 14.7. The predicted octanol–water partition coefficient (Wildman–Crippen LogP) is 4.73. The van der Waals surface area contributed by atoms with Gasteiger partial charge in [-0.05, 0) is 56.6 Å². The molecule has 1 aromatic heterocycles. The van der Waals surface area contributed by atoms with Crippen molar-refractivity contribution in [2.24, 2.45) is 5.92 Å². The number of likely N-dealkylation sites (tertiary alicyclic amines) is 1. The number of carbonyl (C=O) groups is 2. The highest BCUT2D eigenvalue weighted by molar-refractivity contribution is 7.89. The van der Waals surface area contributed by atoms with E-state index in [2.05, 4.69) is 26.9 Å². The molecule has 46 heavy (non-hydrogen) atoms. The van der Waals surface area contributed by atoms with Gasteiger partial charge in [0.2, 0.25) is 21.8 Å². The van der Waals surface area contributed by atoms with Crippen LogP contribution in [-0.2, 0) is 35.5 Å². The number of rotatable bonds is 16. The van der Waals surface area contributed by atoms with Gasteiger partial charge in [-0.25, -0.2) is 13.4 Å². The number of carbonyl (C=O) groups excluding carboxylic acids is 2. The van der Waals surface area contributed by atoms with E-state index in [0.717, 1.165) is 36.2 Å². The van der Waals surface area contributed by atoms with Crippen LogP contribution in [0.1, 0.15) is 50.4 Å². The molecule has 4 rings (SSSR count). The smallest absolute Gasteiger partial charge is 0.250 e. The van der Waals surface area contributed by atoms with Crippen LogP contribution in [0.15, 0.2) is 59.8 Å². The number of aromatic amines is 1. The highest BCUT2D eigenvalue weighted by Crippen LogP contribution is 2.34. The number of imidazole rings is 1. The summed E-state index contributed by atoms with van der Waals surface area (Å²) in [5.74, 6) is -0.174. The SMILES string of the molecule is CCC1CCN(C(=O)[C@H](CCCc2nc[nH]c2C)NS(=O)(=O)c2cccc(-c3ccccc3)c2NC(=O)COCCOC)CC1.Cl. The number of aromatic nitrogens is 2. The molecule has 1 aliphatic rings. The molecule has 0 aliphatic carbocycles. The molecule has 2 aromatic carbocycles. The average molecular weight is 676 g/mol. The summed E-state index contributed by atoms with van der Waals surface area (Å²) in [5.41, 5.74) is 3.22. The van der Waals surface area contributed by atoms with Gasteiger partial charge < -0.3 is 24.7 Å². The Balaban J connectivity index is 0.00000576. The summed E-state index contributed by atoms with van der Waals surface area (Å²) < 4.78 is 41.4. The van der Waals surface area contributed by atoms with E-state index >= 15 is 0 Å².